The molecular formula is C16H22N2. The van der Waals surface area contributed by atoms with E-state index in [0.717, 1.165) is 6.54 Å². The van der Waals surface area contributed by atoms with E-state index >= 15 is 0 Å². The standard InChI is InChI=1S/C16H22N2/c1-14-13-18(16-8-3-2-7-15(14)16)12-6-11-17-9-4-5-10-17/h2-3,7-8,13H,4-6,9-12H2,1H3. The summed E-state index contributed by atoms with van der Waals surface area (Å²) >= 11 is 0. The predicted octanol–water partition coefficient (Wildman–Crippen LogP) is 3.44. The number of aryl methyl sites for hydroxylation is 2. The van der Waals surface area contributed by atoms with Gasteiger partial charge in [-0.15, -0.1) is 0 Å². The Balaban J connectivity index is 1.67. The van der Waals surface area contributed by atoms with E-state index in [1.807, 2.05) is 0 Å². The van der Waals surface area contributed by atoms with Crippen LogP contribution in [0.5, 0.6) is 0 Å². The monoisotopic (exact) mass is 242 g/mol. The van der Waals surface area contributed by atoms with Crippen LogP contribution < -0.4 is 0 Å². The Hall–Kier alpha value is -1.28. The lowest BCUT2D eigenvalue weighted by Crippen LogP contribution is -2.21. The van der Waals surface area contributed by atoms with Crippen molar-refractivity contribution < 1.29 is 0 Å². The molecule has 0 radical (unpaired) electrons. The van der Waals surface area contributed by atoms with Gasteiger partial charge in [0.2, 0.25) is 0 Å². The van der Waals surface area contributed by atoms with Crippen molar-refractivity contribution in [1.29, 1.82) is 0 Å². The number of hydrogen-bond donors (Lipinski definition) is 0. The Bertz CT molecular complexity index is 521. The smallest absolute Gasteiger partial charge is 0.0483 e. The highest BCUT2D eigenvalue weighted by atomic mass is 15.1. The number of likely N-dealkylation sites (tertiary alicyclic amines) is 1. The molecule has 2 heteroatoms. The Morgan fingerprint density at radius 1 is 1.06 bits per heavy atom. The number of para-hydroxylation sites is 1. The highest BCUT2D eigenvalue weighted by Crippen LogP contribution is 2.20. The average molecular weight is 242 g/mol. The molecule has 0 bridgehead atoms. The zero-order chi connectivity index (χ0) is 12.4. The highest BCUT2D eigenvalue weighted by molar-refractivity contribution is 5.83. The fourth-order valence-electron chi connectivity index (χ4n) is 3.09. The van der Waals surface area contributed by atoms with E-state index in [1.165, 1.54) is 55.4 Å². The van der Waals surface area contributed by atoms with Gasteiger partial charge in [0.1, 0.15) is 0 Å². The van der Waals surface area contributed by atoms with E-state index in [1.54, 1.807) is 0 Å². The zero-order valence-electron chi connectivity index (χ0n) is 11.2. The minimum Gasteiger partial charge on any atom is -0.347 e. The van der Waals surface area contributed by atoms with Gasteiger partial charge in [-0.25, -0.2) is 0 Å². The van der Waals surface area contributed by atoms with Crippen LogP contribution in [0.15, 0.2) is 30.5 Å². The second kappa shape index (κ2) is 5.15. The summed E-state index contributed by atoms with van der Waals surface area (Å²) in [6.07, 6.45) is 6.35. The van der Waals surface area contributed by atoms with Crippen LogP contribution in [0.2, 0.25) is 0 Å². The molecule has 0 spiro atoms. The Morgan fingerprint density at radius 3 is 2.67 bits per heavy atom. The fraction of sp³-hybridized carbons (Fsp3) is 0.500. The van der Waals surface area contributed by atoms with Crippen molar-refractivity contribution in [3.05, 3.63) is 36.0 Å². The molecule has 0 saturated carbocycles. The summed E-state index contributed by atoms with van der Waals surface area (Å²) in [4.78, 5) is 2.60. The van der Waals surface area contributed by atoms with Crippen molar-refractivity contribution in [2.24, 2.45) is 0 Å². The van der Waals surface area contributed by atoms with Crippen LogP contribution in [0.4, 0.5) is 0 Å². The van der Waals surface area contributed by atoms with E-state index < -0.39 is 0 Å². The summed E-state index contributed by atoms with van der Waals surface area (Å²) in [5.74, 6) is 0. The van der Waals surface area contributed by atoms with Crippen LogP contribution in [0.25, 0.3) is 10.9 Å². The molecule has 1 aliphatic heterocycles. The maximum Gasteiger partial charge on any atom is 0.0483 e. The van der Waals surface area contributed by atoms with Crippen LogP contribution in [0.3, 0.4) is 0 Å². The van der Waals surface area contributed by atoms with Crippen LogP contribution >= 0.6 is 0 Å². The SMILES string of the molecule is Cc1cn(CCCN2CCCC2)c2ccccc12. The van der Waals surface area contributed by atoms with Crippen LogP contribution in [0.1, 0.15) is 24.8 Å². The fourth-order valence-corrected chi connectivity index (χ4v) is 3.09. The van der Waals surface area contributed by atoms with E-state index in [0.29, 0.717) is 0 Å². The molecule has 18 heavy (non-hydrogen) atoms. The molecular weight excluding hydrogens is 220 g/mol. The number of nitrogens with zero attached hydrogens (tertiary/aromatic N) is 2. The van der Waals surface area contributed by atoms with Gasteiger partial charge in [0.25, 0.3) is 0 Å². The highest BCUT2D eigenvalue weighted by Gasteiger charge is 2.11. The van der Waals surface area contributed by atoms with Crippen molar-refractivity contribution in [3.8, 4) is 0 Å². The molecule has 0 atom stereocenters. The first-order valence-electron chi connectivity index (χ1n) is 7.11. The molecule has 96 valence electrons. The van der Waals surface area contributed by atoms with Gasteiger partial charge in [-0.2, -0.15) is 0 Å². The minimum atomic E-state index is 1.14. The molecule has 1 saturated heterocycles. The zero-order valence-corrected chi connectivity index (χ0v) is 11.2. The van der Waals surface area contributed by atoms with Crippen molar-refractivity contribution in [2.75, 3.05) is 19.6 Å². The van der Waals surface area contributed by atoms with E-state index in [9.17, 15) is 0 Å². The molecule has 0 N–H and O–H groups in total. The lowest BCUT2D eigenvalue weighted by molar-refractivity contribution is 0.326. The molecule has 3 rings (SSSR count). The minimum absolute atomic E-state index is 1.14. The predicted molar refractivity (Wildman–Crippen MR) is 77.0 cm³/mol. The van der Waals surface area contributed by atoms with E-state index in [-0.39, 0.29) is 0 Å². The average Bonchev–Trinajstić information content (AvgIpc) is 3.00. The molecule has 2 nitrogen and oxygen atoms in total. The van der Waals surface area contributed by atoms with Gasteiger partial charge in [0, 0.05) is 23.6 Å². The number of rotatable bonds is 4. The van der Waals surface area contributed by atoms with Crippen LogP contribution in [0, 0.1) is 6.92 Å². The molecule has 1 fully saturated rings. The van der Waals surface area contributed by atoms with Crippen molar-refractivity contribution in [3.63, 3.8) is 0 Å². The molecule has 1 aromatic heterocycles. The molecule has 0 amide bonds. The number of aromatic nitrogens is 1. The third-order valence-electron chi connectivity index (χ3n) is 4.06. The second-order valence-corrected chi connectivity index (χ2v) is 5.42. The molecule has 2 aromatic rings. The summed E-state index contributed by atoms with van der Waals surface area (Å²) in [5, 5.41) is 1.40. The van der Waals surface area contributed by atoms with Gasteiger partial charge >= 0.3 is 0 Å². The van der Waals surface area contributed by atoms with E-state index in [4.69, 9.17) is 0 Å². The van der Waals surface area contributed by atoms with Crippen LogP contribution in [-0.4, -0.2) is 29.1 Å². The third-order valence-corrected chi connectivity index (χ3v) is 4.06. The quantitative estimate of drug-likeness (QED) is 0.797. The first-order chi connectivity index (χ1) is 8.84. The third kappa shape index (κ3) is 2.30. The summed E-state index contributed by atoms with van der Waals surface area (Å²) in [6.45, 7) is 7.23. The summed E-state index contributed by atoms with van der Waals surface area (Å²) in [6, 6.07) is 8.72. The molecule has 1 aliphatic rings. The summed E-state index contributed by atoms with van der Waals surface area (Å²) in [5.41, 5.74) is 2.78. The van der Waals surface area contributed by atoms with Crippen LogP contribution in [-0.2, 0) is 6.54 Å². The molecule has 0 unspecified atom stereocenters. The van der Waals surface area contributed by atoms with E-state index in [2.05, 4.69) is 46.9 Å². The normalized spacial score (nSPS) is 16.7. The molecule has 1 aromatic carbocycles. The molecule has 0 aliphatic carbocycles. The Kier molecular flexibility index (Phi) is 3.37. The maximum atomic E-state index is 2.60. The summed E-state index contributed by atoms with van der Waals surface area (Å²) < 4.78 is 2.42. The van der Waals surface area contributed by atoms with Gasteiger partial charge in [-0.3, -0.25) is 0 Å². The van der Waals surface area contributed by atoms with Gasteiger partial charge in [0.05, 0.1) is 0 Å². The van der Waals surface area contributed by atoms with Gasteiger partial charge in [-0.05, 0) is 57.5 Å². The second-order valence-electron chi connectivity index (χ2n) is 5.42. The van der Waals surface area contributed by atoms with Crippen molar-refractivity contribution in [2.45, 2.75) is 32.7 Å². The topological polar surface area (TPSA) is 8.17 Å². The van der Waals surface area contributed by atoms with Gasteiger partial charge in [0.15, 0.2) is 0 Å². The maximum absolute atomic E-state index is 2.60. The van der Waals surface area contributed by atoms with Gasteiger partial charge < -0.3 is 9.47 Å². The van der Waals surface area contributed by atoms with Gasteiger partial charge in [-0.1, -0.05) is 18.2 Å². The largest absolute Gasteiger partial charge is 0.347 e. The Morgan fingerprint density at radius 2 is 1.83 bits per heavy atom. The Labute approximate surface area is 109 Å². The lowest BCUT2D eigenvalue weighted by Gasteiger charge is -2.14. The van der Waals surface area contributed by atoms with Crippen molar-refractivity contribution in [1.82, 2.24) is 9.47 Å². The first kappa shape index (κ1) is 11.8. The number of fused-ring (bicyclic) bond motifs is 1. The first-order valence-corrected chi connectivity index (χ1v) is 7.11. The number of benzene rings is 1. The number of hydrogen-bond acceptors (Lipinski definition) is 1. The van der Waals surface area contributed by atoms with Crippen molar-refractivity contribution >= 4 is 10.9 Å². The molecule has 2 heterocycles. The lowest BCUT2D eigenvalue weighted by atomic mass is 10.2. The summed E-state index contributed by atoms with van der Waals surface area (Å²) in [7, 11) is 0.